The Kier molecular flexibility index (Phi) is 5.63. The number of methoxy groups -OCH3 is 1. The lowest BCUT2D eigenvalue weighted by atomic mass is 10.1. The van der Waals surface area contributed by atoms with E-state index >= 15 is 0 Å². The lowest BCUT2D eigenvalue weighted by Crippen LogP contribution is -2.50. The van der Waals surface area contributed by atoms with E-state index < -0.39 is 0 Å². The van der Waals surface area contributed by atoms with Crippen molar-refractivity contribution in [3.05, 3.63) is 24.3 Å². The number of nitrogens with zero attached hydrogens (tertiary/aromatic N) is 1. The predicted molar refractivity (Wildman–Crippen MR) is 85.0 cm³/mol. The summed E-state index contributed by atoms with van der Waals surface area (Å²) in [4.78, 5) is 25.5. The number of piperidine rings is 1. The van der Waals surface area contributed by atoms with E-state index in [0.29, 0.717) is 30.9 Å². The molecule has 0 aliphatic carbocycles. The van der Waals surface area contributed by atoms with Crippen LogP contribution >= 0.6 is 0 Å². The first-order valence-corrected chi connectivity index (χ1v) is 7.61. The van der Waals surface area contributed by atoms with Gasteiger partial charge in [-0.25, -0.2) is 4.79 Å². The average Bonchev–Trinajstić information content (AvgIpc) is 2.55. The van der Waals surface area contributed by atoms with Crippen LogP contribution in [0.4, 0.5) is 10.5 Å². The zero-order valence-corrected chi connectivity index (χ0v) is 13.1. The van der Waals surface area contributed by atoms with Crippen LogP contribution in [0.5, 0.6) is 5.75 Å². The number of nitrogens with one attached hydrogen (secondary N) is 2. The molecule has 2 rings (SSSR count). The first-order valence-electron chi connectivity index (χ1n) is 7.61. The third-order valence-corrected chi connectivity index (χ3v) is 3.72. The molecule has 1 fully saturated rings. The Morgan fingerprint density at radius 1 is 1.41 bits per heavy atom. The molecule has 0 saturated carbocycles. The number of anilines is 1. The fourth-order valence-electron chi connectivity index (χ4n) is 2.51. The summed E-state index contributed by atoms with van der Waals surface area (Å²) in [6, 6.07) is 7.14. The van der Waals surface area contributed by atoms with Crippen molar-refractivity contribution in [2.45, 2.75) is 32.2 Å². The smallest absolute Gasteiger partial charge is 0.321 e. The van der Waals surface area contributed by atoms with Crippen molar-refractivity contribution in [2.75, 3.05) is 25.5 Å². The molecule has 1 atom stereocenters. The summed E-state index contributed by atoms with van der Waals surface area (Å²) in [5.41, 5.74) is 0.698. The second kappa shape index (κ2) is 7.68. The van der Waals surface area contributed by atoms with Crippen LogP contribution in [0, 0.1) is 0 Å². The maximum atomic E-state index is 12.3. The molecule has 1 saturated heterocycles. The van der Waals surface area contributed by atoms with Crippen LogP contribution in [0.2, 0.25) is 0 Å². The Bertz CT molecular complexity index is 533. The van der Waals surface area contributed by atoms with Crippen LogP contribution in [-0.2, 0) is 4.79 Å². The van der Waals surface area contributed by atoms with E-state index in [4.69, 9.17) is 4.74 Å². The van der Waals surface area contributed by atoms with Crippen LogP contribution in [0.3, 0.4) is 0 Å². The minimum Gasteiger partial charge on any atom is -0.497 e. The lowest BCUT2D eigenvalue weighted by Gasteiger charge is -2.33. The minimum atomic E-state index is -0.149. The average molecular weight is 305 g/mol. The number of urea groups is 1. The largest absolute Gasteiger partial charge is 0.497 e. The second-order valence-electron chi connectivity index (χ2n) is 5.37. The van der Waals surface area contributed by atoms with E-state index in [9.17, 15) is 9.59 Å². The zero-order chi connectivity index (χ0) is 15.9. The van der Waals surface area contributed by atoms with Gasteiger partial charge in [-0.1, -0.05) is 13.0 Å². The van der Waals surface area contributed by atoms with E-state index in [-0.39, 0.29) is 18.0 Å². The molecule has 6 heteroatoms. The first-order chi connectivity index (χ1) is 10.6. The number of hydrogen-bond donors (Lipinski definition) is 2. The topological polar surface area (TPSA) is 70.7 Å². The molecule has 2 N–H and O–H groups in total. The number of likely N-dealkylation sites (tertiary alicyclic amines) is 1. The number of benzene rings is 1. The van der Waals surface area contributed by atoms with Gasteiger partial charge in [0.1, 0.15) is 5.75 Å². The Hall–Kier alpha value is -2.24. The standard InChI is InChI=1S/C16H23N3O3/c1-3-15(20)17-13-7-5-9-19(11-13)16(21)18-12-6-4-8-14(10-12)22-2/h4,6,8,10,13H,3,5,7,9,11H2,1-2H3,(H,17,20)(H,18,21)/t13-/m0/s1. The number of amides is 3. The summed E-state index contributed by atoms with van der Waals surface area (Å²) in [6.07, 6.45) is 2.27. The van der Waals surface area contributed by atoms with Gasteiger partial charge in [0.2, 0.25) is 5.91 Å². The highest BCUT2D eigenvalue weighted by atomic mass is 16.5. The molecule has 1 aromatic carbocycles. The van der Waals surface area contributed by atoms with Gasteiger partial charge in [0.15, 0.2) is 0 Å². The quantitative estimate of drug-likeness (QED) is 0.896. The fraction of sp³-hybridized carbons (Fsp3) is 0.500. The molecular formula is C16H23N3O3. The Labute approximate surface area is 130 Å². The molecule has 1 aliphatic heterocycles. The van der Waals surface area contributed by atoms with E-state index in [1.54, 1.807) is 18.1 Å². The number of ether oxygens (including phenoxy) is 1. The number of carbonyl (C=O) groups is 2. The highest BCUT2D eigenvalue weighted by Crippen LogP contribution is 2.18. The molecule has 120 valence electrons. The van der Waals surface area contributed by atoms with Crippen molar-refractivity contribution in [1.82, 2.24) is 10.2 Å². The van der Waals surface area contributed by atoms with Gasteiger partial charge in [-0.3, -0.25) is 4.79 Å². The molecule has 1 aromatic rings. The van der Waals surface area contributed by atoms with Crippen molar-refractivity contribution >= 4 is 17.6 Å². The number of carbonyl (C=O) groups excluding carboxylic acids is 2. The van der Waals surface area contributed by atoms with Gasteiger partial charge in [-0.15, -0.1) is 0 Å². The van der Waals surface area contributed by atoms with E-state index in [1.165, 1.54) is 0 Å². The Morgan fingerprint density at radius 2 is 2.23 bits per heavy atom. The van der Waals surface area contributed by atoms with Gasteiger partial charge in [0, 0.05) is 37.3 Å². The van der Waals surface area contributed by atoms with Gasteiger partial charge in [0.05, 0.1) is 7.11 Å². The third-order valence-electron chi connectivity index (χ3n) is 3.72. The zero-order valence-electron chi connectivity index (χ0n) is 13.1. The summed E-state index contributed by atoms with van der Waals surface area (Å²) < 4.78 is 5.14. The highest BCUT2D eigenvalue weighted by Gasteiger charge is 2.24. The lowest BCUT2D eigenvalue weighted by molar-refractivity contribution is -0.121. The van der Waals surface area contributed by atoms with Crippen molar-refractivity contribution < 1.29 is 14.3 Å². The first kappa shape index (κ1) is 16.1. The summed E-state index contributed by atoms with van der Waals surface area (Å²) in [7, 11) is 1.59. The molecule has 6 nitrogen and oxygen atoms in total. The maximum Gasteiger partial charge on any atom is 0.321 e. The monoisotopic (exact) mass is 305 g/mol. The Balaban J connectivity index is 1.92. The molecule has 3 amide bonds. The van der Waals surface area contributed by atoms with Crippen molar-refractivity contribution in [2.24, 2.45) is 0 Å². The summed E-state index contributed by atoms with van der Waals surface area (Å²) >= 11 is 0. The molecule has 0 unspecified atom stereocenters. The molecule has 1 heterocycles. The predicted octanol–water partition coefficient (Wildman–Crippen LogP) is 2.22. The molecule has 0 spiro atoms. The SMILES string of the molecule is CCC(=O)N[C@H]1CCCN(C(=O)Nc2cccc(OC)c2)C1. The summed E-state index contributed by atoms with van der Waals surface area (Å²) in [6.45, 7) is 3.07. The molecule has 0 radical (unpaired) electrons. The summed E-state index contributed by atoms with van der Waals surface area (Å²) in [5.74, 6) is 0.726. The second-order valence-corrected chi connectivity index (χ2v) is 5.37. The van der Waals surface area contributed by atoms with Crippen molar-refractivity contribution in [3.8, 4) is 5.75 Å². The molecular weight excluding hydrogens is 282 g/mol. The van der Waals surface area contributed by atoms with Crippen molar-refractivity contribution in [1.29, 1.82) is 0 Å². The Morgan fingerprint density at radius 3 is 2.95 bits per heavy atom. The van der Waals surface area contributed by atoms with Crippen LogP contribution in [-0.4, -0.2) is 43.1 Å². The summed E-state index contributed by atoms with van der Waals surface area (Å²) in [5, 5.41) is 5.82. The van der Waals surface area contributed by atoms with Gasteiger partial charge >= 0.3 is 6.03 Å². The van der Waals surface area contributed by atoms with E-state index in [1.807, 2.05) is 25.1 Å². The van der Waals surface area contributed by atoms with Crippen LogP contribution in [0.15, 0.2) is 24.3 Å². The van der Waals surface area contributed by atoms with Gasteiger partial charge in [-0.05, 0) is 25.0 Å². The van der Waals surface area contributed by atoms with E-state index in [0.717, 1.165) is 12.8 Å². The van der Waals surface area contributed by atoms with Crippen LogP contribution < -0.4 is 15.4 Å². The third kappa shape index (κ3) is 4.38. The van der Waals surface area contributed by atoms with Crippen LogP contribution in [0.1, 0.15) is 26.2 Å². The van der Waals surface area contributed by atoms with Gasteiger partial charge < -0.3 is 20.3 Å². The molecule has 22 heavy (non-hydrogen) atoms. The maximum absolute atomic E-state index is 12.3. The highest BCUT2D eigenvalue weighted by molar-refractivity contribution is 5.89. The molecule has 0 bridgehead atoms. The fourth-order valence-corrected chi connectivity index (χ4v) is 2.51. The van der Waals surface area contributed by atoms with Crippen molar-refractivity contribution in [3.63, 3.8) is 0 Å². The molecule has 0 aromatic heterocycles. The molecule has 1 aliphatic rings. The number of hydrogen-bond acceptors (Lipinski definition) is 3. The number of rotatable bonds is 4. The van der Waals surface area contributed by atoms with Gasteiger partial charge in [0.25, 0.3) is 0 Å². The van der Waals surface area contributed by atoms with E-state index in [2.05, 4.69) is 10.6 Å². The van der Waals surface area contributed by atoms with Crippen LogP contribution in [0.25, 0.3) is 0 Å². The minimum absolute atomic E-state index is 0.0278. The van der Waals surface area contributed by atoms with Gasteiger partial charge in [-0.2, -0.15) is 0 Å². The normalized spacial score (nSPS) is 17.7.